The largest absolute Gasteiger partial charge is 0.344 e. The number of alkyl halides is 1. The predicted molar refractivity (Wildman–Crippen MR) is 86.5 cm³/mol. The van der Waals surface area contributed by atoms with E-state index in [1.165, 1.54) is 18.2 Å². The van der Waals surface area contributed by atoms with E-state index >= 15 is 0 Å². The van der Waals surface area contributed by atoms with Gasteiger partial charge in [-0.1, -0.05) is 30.3 Å². The number of amides is 1. The number of halogens is 3. The standard InChI is InChI=1S/C15H12ClFINO/c16-9-14(10-4-2-1-3-5-10)19-15(20)12-7-6-11(17)8-13(12)18/h1-8,14H,9H2,(H,19,20). The molecule has 0 heterocycles. The molecular weight excluding hydrogens is 392 g/mol. The molecule has 1 amide bonds. The van der Waals surface area contributed by atoms with Gasteiger partial charge in [0.1, 0.15) is 5.82 Å². The molecule has 2 aromatic carbocycles. The molecule has 0 aliphatic rings. The van der Waals surface area contributed by atoms with Crippen molar-refractivity contribution in [2.45, 2.75) is 6.04 Å². The Bertz CT molecular complexity index is 606. The van der Waals surface area contributed by atoms with Gasteiger partial charge in [-0.3, -0.25) is 4.79 Å². The fraction of sp³-hybridized carbons (Fsp3) is 0.133. The molecule has 0 aliphatic carbocycles. The Hall–Kier alpha value is -1.14. The molecule has 2 nitrogen and oxygen atoms in total. The van der Waals surface area contributed by atoms with Crippen LogP contribution in [0.15, 0.2) is 48.5 Å². The summed E-state index contributed by atoms with van der Waals surface area (Å²) in [6, 6.07) is 13.3. The van der Waals surface area contributed by atoms with E-state index < -0.39 is 0 Å². The van der Waals surface area contributed by atoms with Crippen molar-refractivity contribution < 1.29 is 9.18 Å². The van der Waals surface area contributed by atoms with Crippen LogP contribution >= 0.6 is 34.2 Å². The number of hydrogen-bond donors (Lipinski definition) is 1. The number of benzene rings is 2. The average Bonchev–Trinajstić information content (AvgIpc) is 2.45. The molecule has 5 heteroatoms. The summed E-state index contributed by atoms with van der Waals surface area (Å²) in [5.74, 6) is -0.347. The van der Waals surface area contributed by atoms with E-state index in [-0.39, 0.29) is 23.6 Å². The average molecular weight is 404 g/mol. The zero-order valence-corrected chi connectivity index (χ0v) is 13.4. The summed E-state index contributed by atoms with van der Waals surface area (Å²) >= 11 is 7.86. The lowest BCUT2D eigenvalue weighted by atomic mass is 10.1. The first-order valence-electron chi connectivity index (χ1n) is 5.98. The summed E-state index contributed by atoms with van der Waals surface area (Å²) in [6.07, 6.45) is 0. The maximum atomic E-state index is 13.0. The van der Waals surface area contributed by atoms with Crippen LogP contribution in [0.5, 0.6) is 0 Å². The Kier molecular flexibility index (Phi) is 5.37. The minimum Gasteiger partial charge on any atom is -0.344 e. The van der Waals surface area contributed by atoms with Gasteiger partial charge >= 0.3 is 0 Å². The molecule has 1 atom stereocenters. The zero-order chi connectivity index (χ0) is 14.5. The lowest BCUT2D eigenvalue weighted by Gasteiger charge is -2.17. The van der Waals surface area contributed by atoms with Crippen molar-refractivity contribution in [1.82, 2.24) is 5.32 Å². The molecule has 1 N–H and O–H groups in total. The van der Waals surface area contributed by atoms with Gasteiger partial charge in [0, 0.05) is 9.45 Å². The first kappa shape index (κ1) is 15.3. The minimum atomic E-state index is -0.358. The van der Waals surface area contributed by atoms with Gasteiger partial charge in [-0.2, -0.15) is 0 Å². The van der Waals surface area contributed by atoms with Crippen LogP contribution in [-0.2, 0) is 0 Å². The molecule has 0 bridgehead atoms. The third-order valence-corrected chi connectivity index (χ3v) is 4.04. The highest BCUT2D eigenvalue weighted by molar-refractivity contribution is 14.1. The van der Waals surface area contributed by atoms with Crippen LogP contribution in [0.1, 0.15) is 22.0 Å². The Morgan fingerprint density at radius 1 is 1.25 bits per heavy atom. The number of rotatable bonds is 4. The number of nitrogens with one attached hydrogen (secondary N) is 1. The van der Waals surface area contributed by atoms with Crippen molar-refractivity contribution in [3.05, 3.63) is 69.0 Å². The molecule has 0 saturated heterocycles. The van der Waals surface area contributed by atoms with Crippen LogP contribution in [0.4, 0.5) is 4.39 Å². The van der Waals surface area contributed by atoms with Gasteiger partial charge in [0.15, 0.2) is 0 Å². The third kappa shape index (κ3) is 3.70. The van der Waals surface area contributed by atoms with Gasteiger partial charge in [-0.15, -0.1) is 11.6 Å². The van der Waals surface area contributed by atoms with Gasteiger partial charge in [0.05, 0.1) is 11.6 Å². The number of carbonyl (C=O) groups is 1. The van der Waals surface area contributed by atoms with Crippen molar-refractivity contribution >= 4 is 40.1 Å². The van der Waals surface area contributed by atoms with Crippen molar-refractivity contribution in [2.75, 3.05) is 5.88 Å². The van der Waals surface area contributed by atoms with Crippen LogP contribution in [0.2, 0.25) is 0 Å². The lowest BCUT2D eigenvalue weighted by molar-refractivity contribution is 0.0939. The molecule has 0 saturated carbocycles. The molecular formula is C15H12ClFINO. The van der Waals surface area contributed by atoms with E-state index in [1.54, 1.807) is 0 Å². The Morgan fingerprint density at radius 2 is 1.95 bits per heavy atom. The lowest BCUT2D eigenvalue weighted by Crippen LogP contribution is -2.30. The highest BCUT2D eigenvalue weighted by Crippen LogP contribution is 2.18. The maximum Gasteiger partial charge on any atom is 0.252 e. The van der Waals surface area contributed by atoms with Crippen molar-refractivity contribution in [2.24, 2.45) is 0 Å². The van der Waals surface area contributed by atoms with Gasteiger partial charge in [-0.25, -0.2) is 4.39 Å². The van der Waals surface area contributed by atoms with Crippen LogP contribution in [0.25, 0.3) is 0 Å². The van der Waals surface area contributed by atoms with Crippen molar-refractivity contribution in [3.63, 3.8) is 0 Å². The first-order valence-corrected chi connectivity index (χ1v) is 7.60. The van der Waals surface area contributed by atoms with Crippen molar-refractivity contribution in [1.29, 1.82) is 0 Å². The number of hydrogen-bond acceptors (Lipinski definition) is 1. The minimum absolute atomic E-state index is 0.260. The SMILES string of the molecule is O=C(NC(CCl)c1ccccc1)c1ccc(F)cc1I. The molecule has 0 radical (unpaired) electrons. The summed E-state index contributed by atoms with van der Waals surface area (Å²) in [5.41, 5.74) is 1.38. The summed E-state index contributed by atoms with van der Waals surface area (Å²) in [6.45, 7) is 0. The second-order valence-electron chi connectivity index (χ2n) is 4.22. The normalized spacial score (nSPS) is 11.9. The Labute approximate surface area is 135 Å². The van der Waals surface area contributed by atoms with E-state index in [1.807, 2.05) is 52.9 Å². The molecule has 2 rings (SSSR count). The molecule has 0 aliphatic heterocycles. The fourth-order valence-corrected chi connectivity index (χ4v) is 2.78. The summed E-state index contributed by atoms with van der Waals surface area (Å²) in [7, 11) is 0. The highest BCUT2D eigenvalue weighted by Gasteiger charge is 2.16. The molecule has 0 spiro atoms. The van der Waals surface area contributed by atoms with Gasteiger partial charge in [0.2, 0.25) is 0 Å². The quantitative estimate of drug-likeness (QED) is 0.603. The maximum absolute atomic E-state index is 13.0. The predicted octanol–water partition coefficient (Wildman–Crippen LogP) is 4.14. The molecule has 104 valence electrons. The Morgan fingerprint density at radius 3 is 2.55 bits per heavy atom. The molecule has 20 heavy (non-hydrogen) atoms. The molecule has 0 aromatic heterocycles. The molecule has 2 aromatic rings. The van der Waals surface area contributed by atoms with Crippen molar-refractivity contribution in [3.8, 4) is 0 Å². The Balaban J connectivity index is 2.17. The summed E-state index contributed by atoms with van der Waals surface area (Å²) in [4.78, 5) is 12.2. The van der Waals surface area contributed by atoms with Gasteiger partial charge in [-0.05, 0) is 46.4 Å². The van der Waals surface area contributed by atoms with Crippen LogP contribution in [-0.4, -0.2) is 11.8 Å². The topological polar surface area (TPSA) is 29.1 Å². The van der Waals surface area contributed by atoms with Crippen LogP contribution in [0.3, 0.4) is 0 Å². The second kappa shape index (κ2) is 7.04. The second-order valence-corrected chi connectivity index (χ2v) is 5.69. The van der Waals surface area contributed by atoms with Gasteiger partial charge in [0.25, 0.3) is 5.91 Å². The molecule has 1 unspecified atom stereocenters. The molecule has 0 fully saturated rings. The summed E-state index contributed by atoms with van der Waals surface area (Å²) in [5, 5.41) is 2.86. The summed E-state index contributed by atoms with van der Waals surface area (Å²) < 4.78 is 13.6. The van der Waals surface area contributed by atoms with Crippen LogP contribution in [0, 0.1) is 9.39 Å². The van der Waals surface area contributed by atoms with E-state index in [4.69, 9.17) is 11.6 Å². The van der Waals surface area contributed by atoms with E-state index in [2.05, 4.69) is 5.32 Å². The third-order valence-electron chi connectivity index (χ3n) is 2.84. The van der Waals surface area contributed by atoms with Gasteiger partial charge < -0.3 is 5.32 Å². The smallest absolute Gasteiger partial charge is 0.252 e. The van der Waals surface area contributed by atoms with Crippen LogP contribution < -0.4 is 5.32 Å². The zero-order valence-electron chi connectivity index (χ0n) is 10.4. The number of carbonyl (C=O) groups excluding carboxylic acids is 1. The fourth-order valence-electron chi connectivity index (χ4n) is 1.81. The monoisotopic (exact) mass is 403 g/mol. The van der Waals surface area contributed by atoms with E-state index in [0.717, 1.165) is 5.56 Å². The highest BCUT2D eigenvalue weighted by atomic mass is 127. The van der Waals surface area contributed by atoms with E-state index in [0.29, 0.717) is 9.13 Å². The first-order chi connectivity index (χ1) is 9.61. The van der Waals surface area contributed by atoms with E-state index in [9.17, 15) is 9.18 Å².